The van der Waals surface area contributed by atoms with Crippen LogP contribution in [0.3, 0.4) is 0 Å². The lowest BCUT2D eigenvalue weighted by Crippen LogP contribution is -2.76. The number of likely N-dealkylation sites (tertiary alicyclic amines) is 1. The van der Waals surface area contributed by atoms with Crippen LogP contribution in [0.4, 0.5) is 4.79 Å². The van der Waals surface area contributed by atoms with Crippen LogP contribution in [0.2, 0.25) is 0 Å². The van der Waals surface area contributed by atoms with Crippen LogP contribution in [0.1, 0.15) is 45.8 Å². The number of phenols is 1. The minimum absolute atomic E-state index is 0.0587. The van der Waals surface area contributed by atoms with Gasteiger partial charge in [-0.15, -0.1) is 17.9 Å². The molecule has 13 heteroatoms. The summed E-state index contributed by atoms with van der Waals surface area (Å²) in [6.45, 7) is 5.96. The van der Waals surface area contributed by atoms with Crippen LogP contribution in [-0.4, -0.2) is 103 Å². The first kappa shape index (κ1) is 34.2. The molecule has 0 radical (unpaired) electrons. The van der Waals surface area contributed by atoms with Crippen molar-refractivity contribution >= 4 is 45.3 Å². The van der Waals surface area contributed by atoms with Crippen molar-refractivity contribution in [3.05, 3.63) is 107 Å². The topological polar surface area (TPSA) is 130 Å². The molecule has 5 amide bonds. The number of carbonyl (C=O) groups excluding carboxylic acids is 4. The normalized spacial score (nSPS) is 19.7. The maximum Gasteiger partial charge on any atom is 0.334 e. The molecule has 0 aliphatic carbocycles. The number of aromatic nitrogens is 1. The zero-order chi connectivity index (χ0) is 35.5. The lowest BCUT2D eigenvalue weighted by molar-refractivity contribution is -0.189. The number of aromatic hydroxyl groups is 1. The molecule has 3 fully saturated rings. The van der Waals surface area contributed by atoms with E-state index in [-0.39, 0.29) is 62.6 Å². The Morgan fingerprint density at radius 2 is 1.73 bits per heavy atom. The molecule has 0 spiro atoms. The first-order chi connectivity index (χ1) is 24.8. The van der Waals surface area contributed by atoms with Gasteiger partial charge in [-0.3, -0.25) is 14.4 Å². The monoisotopic (exact) mass is 707 g/mol. The molecule has 2 atom stereocenters. The highest BCUT2D eigenvalue weighted by molar-refractivity contribution is 7.20. The summed E-state index contributed by atoms with van der Waals surface area (Å²) in [4.78, 5) is 65.8. The molecule has 0 bridgehead atoms. The standard InChI is InChI=1S/C38H41N7O5S/c1-2-18-43-25-33(47)44-30(21-26-14-16-29(46)17-15-26)36(48)42(24-32(44)45(43)38(50)39-22-27-10-5-3-6-11-27)23-28-12-9-13-31-34(28)40-35(51-31)37(49)41-19-7-4-8-20-41/h2-3,5-6,9-17,30,32,46H,1,4,7-8,18-25H2,(H,39,50)/t30-,32-/m0/s1. The van der Waals surface area contributed by atoms with Crippen molar-refractivity contribution in [1.29, 1.82) is 0 Å². The van der Waals surface area contributed by atoms with E-state index in [1.807, 2.05) is 53.4 Å². The number of piperidine rings is 1. The van der Waals surface area contributed by atoms with Crippen molar-refractivity contribution in [2.45, 2.75) is 51.0 Å². The molecule has 2 N–H and O–H groups in total. The third-order valence-corrected chi connectivity index (χ3v) is 10.7. The summed E-state index contributed by atoms with van der Waals surface area (Å²) in [5, 5.41) is 16.6. The summed E-state index contributed by atoms with van der Waals surface area (Å²) in [7, 11) is 0. The highest BCUT2D eigenvalue weighted by atomic mass is 32.1. The van der Waals surface area contributed by atoms with Crippen LogP contribution in [0.5, 0.6) is 5.75 Å². The smallest absolute Gasteiger partial charge is 0.334 e. The number of nitrogens with zero attached hydrogens (tertiary/aromatic N) is 6. The van der Waals surface area contributed by atoms with Gasteiger partial charge in [0.05, 0.1) is 23.3 Å². The molecule has 3 saturated heterocycles. The van der Waals surface area contributed by atoms with Gasteiger partial charge in [0.2, 0.25) is 11.8 Å². The Bertz CT molecular complexity index is 1930. The van der Waals surface area contributed by atoms with Crippen LogP contribution in [0.25, 0.3) is 10.2 Å². The number of benzene rings is 3. The molecule has 7 rings (SSSR count). The molecule has 4 aromatic rings. The van der Waals surface area contributed by atoms with Crippen molar-refractivity contribution in [2.75, 3.05) is 32.7 Å². The molecule has 3 aromatic carbocycles. The fraction of sp³-hybridized carbons (Fsp3) is 0.342. The molecule has 264 valence electrons. The quantitative estimate of drug-likeness (QED) is 0.248. The number of phenolic OH excluding ortho intramolecular Hbond substituents is 1. The van der Waals surface area contributed by atoms with E-state index in [1.165, 1.54) is 11.3 Å². The van der Waals surface area contributed by atoms with E-state index in [0.717, 1.165) is 53.7 Å². The number of nitrogens with one attached hydrogen (secondary N) is 1. The fourth-order valence-corrected chi connectivity index (χ4v) is 8.20. The number of piperazine rings is 1. The molecule has 51 heavy (non-hydrogen) atoms. The largest absolute Gasteiger partial charge is 0.508 e. The summed E-state index contributed by atoms with van der Waals surface area (Å²) in [5.41, 5.74) is 3.12. The summed E-state index contributed by atoms with van der Waals surface area (Å²) in [5.74, 6) is -0.502. The van der Waals surface area contributed by atoms with Gasteiger partial charge in [0.25, 0.3) is 5.91 Å². The Hall–Kier alpha value is -5.27. The van der Waals surface area contributed by atoms with Gasteiger partial charge in [-0.2, -0.15) is 0 Å². The van der Waals surface area contributed by atoms with Crippen LogP contribution >= 0.6 is 11.3 Å². The van der Waals surface area contributed by atoms with Crippen molar-refractivity contribution in [2.24, 2.45) is 0 Å². The van der Waals surface area contributed by atoms with E-state index < -0.39 is 18.2 Å². The lowest BCUT2D eigenvalue weighted by atomic mass is 9.98. The highest BCUT2D eigenvalue weighted by Crippen LogP contribution is 2.32. The molecule has 0 saturated carbocycles. The average Bonchev–Trinajstić information content (AvgIpc) is 3.59. The number of rotatable bonds is 9. The number of hydrogen-bond acceptors (Lipinski definition) is 8. The van der Waals surface area contributed by atoms with Gasteiger partial charge in [0.15, 0.2) is 5.01 Å². The predicted molar refractivity (Wildman–Crippen MR) is 193 cm³/mol. The summed E-state index contributed by atoms with van der Waals surface area (Å²) < 4.78 is 0.853. The van der Waals surface area contributed by atoms with E-state index in [9.17, 15) is 24.3 Å². The fourth-order valence-electron chi connectivity index (χ4n) is 7.22. The molecule has 3 aliphatic heterocycles. The number of carbonyl (C=O) groups is 4. The van der Waals surface area contributed by atoms with Crippen LogP contribution in [0, 0.1) is 0 Å². The molecular weight excluding hydrogens is 667 g/mol. The lowest BCUT2D eigenvalue weighted by Gasteiger charge is -2.55. The van der Waals surface area contributed by atoms with Crippen molar-refractivity contribution in [3.63, 3.8) is 0 Å². The van der Waals surface area contributed by atoms with E-state index in [0.29, 0.717) is 10.5 Å². The minimum atomic E-state index is -0.915. The second-order valence-corrected chi connectivity index (χ2v) is 14.2. The molecule has 3 aliphatic rings. The Labute approximate surface area is 300 Å². The van der Waals surface area contributed by atoms with Gasteiger partial charge in [0, 0.05) is 39.1 Å². The Morgan fingerprint density at radius 3 is 2.47 bits per heavy atom. The van der Waals surface area contributed by atoms with Gasteiger partial charge in [0.1, 0.15) is 18.0 Å². The van der Waals surface area contributed by atoms with Crippen molar-refractivity contribution < 1.29 is 24.3 Å². The summed E-state index contributed by atoms with van der Waals surface area (Å²) >= 11 is 1.36. The predicted octanol–water partition coefficient (Wildman–Crippen LogP) is 4.36. The zero-order valence-electron chi connectivity index (χ0n) is 28.3. The maximum absolute atomic E-state index is 14.5. The zero-order valence-corrected chi connectivity index (χ0v) is 29.1. The second-order valence-electron chi connectivity index (χ2n) is 13.1. The van der Waals surface area contributed by atoms with Gasteiger partial charge in [-0.05, 0) is 54.2 Å². The minimum Gasteiger partial charge on any atom is -0.508 e. The van der Waals surface area contributed by atoms with Gasteiger partial charge >= 0.3 is 6.03 Å². The van der Waals surface area contributed by atoms with E-state index in [1.54, 1.807) is 50.2 Å². The van der Waals surface area contributed by atoms with Crippen molar-refractivity contribution in [3.8, 4) is 5.75 Å². The van der Waals surface area contributed by atoms with Crippen LogP contribution in [0.15, 0.2) is 85.5 Å². The van der Waals surface area contributed by atoms with E-state index in [2.05, 4.69) is 11.9 Å². The number of urea groups is 1. The number of hydrazine groups is 1. The van der Waals surface area contributed by atoms with Crippen LogP contribution in [-0.2, 0) is 29.1 Å². The molecule has 1 aromatic heterocycles. The Kier molecular flexibility index (Phi) is 10.00. The number of thiazole rings is 1. The first-order valence-electron chi connectivity index (χ1n) is 17.3. The van der Waals surface area contributed by atoms with Gasteiger partial charge < -0.3 is 25.1 Å². The summed E-state index contributed by atoms with van der Waals surface area (Å²) in [6, 6.07) is 20.6. The van der Waals surface area contributed by atoms with Crippen LogP contribution < -0.4 is 5.32 Å². The Morgan fingerprint density at radius 1 is 0.961 bits per heavy atom. The third-order valence-electron chi connectivity index (χ3n) is 9.72. The second kappa shape index (κ2) is 14.9. The third kappa shape index (κ3) is 7.17. The average molecular weight is 708 g/mol. The number of fused-ring (bicyclic) bond motifs is 2. The number of para-hydroxylation sites is 1. The molecule has 12 nitrogen and oxygen atoms in total. The molecule has 4 heterocycles. The van der Waals surface area contributed by atoms with E-state index >= 15 is 0 Å². The SMILES string of the molecule is C=CCN1CC(=O)N2[C@@H](Cc3ccc(O)cc3)C(=O)N(Cc3cccc4sc(C(=O)N5CCCCC5)nc34)C[C@@H]2N1C(=O)NCc1ccccc1. The molecule has 0 unspecified atom stereocenters. The first-order valence-corrected chi connectivity index (χ1v) is 18.1. The van der Waals surface area contributed by atoms with Gasteiger partial charge in [-0.1, -0.05) is 60.7 Å². The van der Waals surface area contributed by atoms with Crippen molar-refractivity contribution in [1.82, 2.24) is 35.0 Å². The molecular formula is C38H41N7O5S. The maximum atomic E-state index is 14.5. The van der Waals surface area contributed by atoms with E-state index in [4.69, 9.17) is 4.98 Å². The number of amides is 5. The van der Waals surface area contributed by atoms with Gasteiger partial charge in [-0.25, -0.2) is 19.8 Å². The summed E-state index contributed by atoms with van der Waals surface area (Å²) in [6.07, 6.45) is 4.10. The Balaban J connectivity index is 1.22. The highest BCUT2D eigenvalue weighted by Gasteiger charge is 2.51. The number of hydrogen-bond donors (Lipinski definition) is 2.